The third kappa shape index (κ3) is 3.39. The van der Waals surface area contributed by atoms with E-state index >= 15 is 0 Å². The van der Waals surface area contributed by atoms with Gasteiger partial charge in [-0.05, 0) is 19.4 Å². The molecular weight excluding hydrogens is 272 g/mol. The summed E-state index contributed by atoms with van der Waals surface area (Å²) in [5.41, 5.74) is -0.224. The average Bonchev–Trinajstić information content (AvgIpc) is 2.40. The van der Waals surface area contributed by atoms with Crippen LogP contribution in [0.3, 0.4) is 0 Å². The average molecular weight is 285 g/mol. The molecule has 19 heavy (non-hydrogen) atoms. The van der Waals surface area contributed by atoms with Gasteiger partial charge in [0.15, 0.2) is 0 Å². The molecule has 0 saturated carbocycles. The van der Waals surface area contributed by atoms with Gasteiger partial charge in [0.05, 0.1) is 10.5 Å². The molecule has 2 N–H and O–H groups in total. The zero-order valence-corrected chi connectivity index (χ0v) is 10.8. The number of aromatic nitrogens is 1. The first-order chi connectivity index (χ1) is 9.08. The van der Waals surface area contributed by atoms with Crippen molar-refractivity contribution in [3.8, 4) is 0 Å². The molecule has 2 heterocycles. The van der Waals surface area contributed by atoms with Crippen molar-refractivity contribution >= 4 is 23.2 Å². The summed E-state index contributed by atoms with van der Waals surface area (Å²) in [6, 6.07) is 1.15. The molecule has 1 saturated heterocycles. The largest absolute Gasteiger partial charge is 0.348 e. The van der Waals surface area contributed by atoms with E-state index in [2.05, 4.69) is 15.6 Å². The van der Waals surface area contributed by atoms with Crippen LogP contribution < -0.4 is 10.6 Å². The van der Waals surface area contributed by atoms with Crippen molar-refractivity contribution < 1.29 is 9.72 Å². The van der Waals surface area contributed by atoms with Crippen LogP contribution in [0.25, 0.3) is 0 Å². The van der Waals surface area contributed by atoms with Gasteiger partial charge in [0.25, 0.3) is 11.6 Å². The van der Waals surface area contributed by atoms with Crippen LogP contribution in [0.15, 0.2) is 12.3 Å². The number of nitrogens with one attached hydrogen (secondary N) is 2. The van der Waals surface area contributed by atoms with E-state index in [4.69, 9.17) is 11.6 Å². The molecule has 0 aromatic carbocycles. The highest BCUT2D eigenvalue weighted by atomic mass is 35.5. The fraction of sp³-hybridized carbons (Fsp3) is 0.455. The lowest BCUT2D eigenvalue weighted by atomic mass is 10.1. The molecule has 0 spiro atoms. The molecule has 0 radical (unpaired) electrons. The highest BCUT2D eigenvalue weighted by Gasteiger charge is 2.21. The molecule has 8 heteroatoms. The number of hydrogen-bond donors (Lipinski definition) is 2. The van der Waals surface area contributed by atoms with Gasteiger partial charge >= 0.3 is 0 Å². The van der Waals surface area contributed by atoms with Gasteiger partial charge in [0, 0.05) is 18.7 Å². The standard InChI is InChI=1S/C11H13ClN4O3/c12-10-9(4-8(6-14-10)16(18)19)11(17)15-7-2-1-3-13-5-7/h4,6-7,13H,1-3,5H2,(H,15,17)/t7-/m1/s1. The molecule has 0 aliphatic carbocycles. The molecule has 0 bridgehead atoms. The van der Waals surface area contributed by atoms with Gasteiger partial charge in [-0.1, -0.05) is 11.6 Å². The van der Waals surface area contributed by atoms with E-state index in [1.165, 1.54) is 0 Å². The summed E-state index contributed by atoms with van der Waals surface area (Å²) >= 11 is 5.80. The van der Waals surface area contributed by atoms with E-state index in [9.17, 15) is 14.9 Å². The van der Waals surface area contributed by atoms with Crippen LogP contribution in [0.1, 0.15) is 23.2 Å². The first-order valence-corrected chi connectivity index (χ1v) is 6.27. The summed E-state index contributed by atoms with van der Waals surface area (Å²) < 4.78 is 0. The number of carbonyl (C=O) groups is 1. The Balaban J connectivity index is 2.13. The van der Waals surface area contributed by atoms with Crippen molar-refractivity contribution in [2.24, 2.45) is 0 Å². The smallest absolute Gasteiger partial charge is 0.288 e. The number of nitrogens with zero attached hydrogens (tertiary/aromatic N) is 2. The van der Waals surface area contributed by atoms with Crippen LogP contribution >= 0.6 is 11.6 Å². The summed E-state index contributed by atoms with van der Waals surface area (Å²) in [5.74, 6) is -0.435. The zero-order chi connectivity index (χ0) is 13.8. The molecule has 7 nitrogen and oxygen atoms in total. The molecule has 1 aliphatic rings. The predicted molar refractivity (Wildman–Crippen MR) is 69.3 cm³/mol. The fourth-order valence-electron chi connectivity index (χ4n) is 1.93. The quantitative estimate of drug-likeness (QED) is 0.492. The number of nitro groups is 1. The summed E-state index contributed by atoms with van der Waals surface area (Å²) in [6.45, 7) is 1.62. The van der Waals surface area contributed by atoms with Gasteiger partial charge in [0.1, 0.15) is 11.3 Å². The van der Waals surface area contributed by atoms with Crippen LogP contribution in [-0.4, -0.2) is 34.9 Å². The molecule has 102 valence electrons. The van der Waals surface area contributed by atoms with E-state index in [1.54, 1.807) is 0 Å². The van der Waals surface area contributed by atoms with Gasteiger partial charge in [-0.2, -0.15) is 0 Å². The Morgan fingerprint density at radius 3 is 3.05 bits per heavy atom. The van der Waals surface area contributed by atoms with E-state index in [-0.39, 0.29) is 22.4 Å². The second kappa shape index (κ2) is 5.94. The lowest BCUT2D eigenvalue weighted by molar-refractivity contribution is -0.385. The molecule has 1 aliphatic heterocycles. The summed E-state index contributed by atoms with van der Waals surface area (Å²) in [6.07, 6.45) is 2.88. The summed E-state index contributed by atoms with van der Waals surface area (Å²) in [5, 5.41) is 16.6. The highest BCUT2D eigenvalue weighted by Crippen LogP contribution is 2.19. The number of amides is 1. The van der Waals surface area contributed by atoms with E-state index in [1.807, 2.05) is 0 Å². The van der Waals surface area contributed by atoms with Crippen molar-refractivity contribution in [2.45, 2.75) is 18.9 Å². The molecule has 1 aromatic heterocycles. The number of piperidine rings is 1. The third-order valence-electron chi connectivity index (χ3n) is 2.91. The Bertz CT molecular complexity index is 503. The Morgan fingerprint density at radius 1 is 1.63 bits per heavy atom. The van der Waals surface area contributed by atoms with Crippen LogP contribution in [0.5, 0.6) is 0 Å². The Labute approximate surface area is 114 Å². The monoisotopic (exact) mass is 284 g/mol. The topological polar surface area (TPSA) is 97.2 Å². The van der Waals surface area contributed by atoms with Crippen LogP contribution in [0, 0.1) is 10.1 Å². The molecule has 1 aromatic rings. The highest BCUT2D eigenvalue weighted by molar-refractivity contribution is 6.32. The summed E-state index contributed by atoms with van der Waals surface area (Å²) in [4.78, 5) is 25.7. The number of carbonyl (C=O) groups excluding carboxylic acids is 1. The van der Waals surface area contributed by atoms with Gasteiger partial charge in [-0.25, -0.2) is 4.98 Å². The molecule has 1 fully saturated rings. The van der Waals surface area contributed by atoms with E-state index in [0.717, 1.165) is 31.6 Å². The van der Waals surface area contributed by atoms with Crippen LogP contribution in [-0.2, 0) is 0 Å². The SMILES string of the molecule is O=C(N[C@@H]1CCCNC1)c1cc([N+](=O)[O-])cnc1Cl. The molecular formula is C11H13ClN4O3. The van der Waals surface area contributed by atoms with Crippen LogP contribution in [0.4, 0.5) is 5.69 Å². The van der Waals surface area contributed by atoms with Crippen molar-refractivity contribution in [2.75, 3.05) is 13.1 Å². The second-order valence-corrected chi connectivity index (χ2v) is 4.66. The lowest BCUT2D eigenvalue weighted by Crippen LogP contribution is -2.45. The van der Waals surface area contributed by atoms with Gasteiger partial charge in [0.2, 0.25) is 0 Å². The van der Waals surface area contributed by atoms with Crippen LogP contribution in [0.2, 0.25) is 5.15 Å². The molecule has 1 atom stereocenters. The minimum Gasteiger partial charge on any atom is -0.348 e. The molecule has 1 amide bonds. The van der Waals surface area contributed by atoms with Gasteiger partial charge < -0.3 is 10.6 Å². The zero-order valence-electron chi connectivity index (χ0n) is 10.1. The Kier molecular flexibility index (Phi) is 4.28. The Morgan fingerprint density at radius 2 is 2.42 bits per heavy atom. The predicted octanol–water partition coefficient (Wildman–Crippen LogP) is 1.12. The number of rotatable bonds is 3. The summed E-state index contributed by atoms with van der Waals surface area (Å²) in [7, 11) is 0. The fourth-order valence-corrected chi connectivity index (χ4v) is 2.12. The maximum atomic E-state index is 12.0. The minimum atomic E-state index is -0.609. The second-order valence-electron chi connectivity index (χ2n) is 4.31. The van der Waals surface area contributed by atoms with Crippen molar-refractivity contribution in [1.82, 2.24) is 15.6 Å². The third-order valence-corrected chi connectivity index (χ3v) is 3.21. The number of pyridine rings is 1. The lowest BCUT2D eigenvalue weighted by Gasteiger charge is -2.23. The Hall–Kier alpha value is -1.73. The first-order valence-electron chi connectivity index (χ1n) is 5.89. The van der Waals surface area contributed by atoms with Gasteiger partial charge in [-0.3, -0.25) is 14.9 Å². The number of halogens is 1. The normalized spacial score (nSPS) is 18.9. The first kappa shape index (κ1) is 13.7. The molecule has 2 rings (SSSR count). The van der Waals surface area contributed by atoms with Gasteiger partial charge in [-0.15, -0.1) is 0 Å². The maximum absolute atomic E-state index is 12.0. The minimum absolute atomic E-state index is 0.0107. The van der Waals surface area contributed by atoms with E-state index in [0.29, 0.717) is 6.54 Å². The van der Waals surface area contributed by atoms with Crippen molar-refractivity contribution in [3.05, 3.63) is 33.1 Å². The maximum Gasteiger partial charge on any atom is 0.288 e. The molecule has 0 unspecified atom stereocenters. The number of hydrogen-bond acceptors (Lipinski definition) is 5. The van der Waals surface area contributed by atoms with Crippen molar-refractivity contribution in [1.29, 1.82) is 0 Å². The van der Waals surface area contributed by atoms with E-state index < -0.39 is 10.8 Å². The van der Waals surface area contributed by atoms with Crippen molar-refractivity contribution in [3.63, 3.8) is 0 Å².